The van der Waals surface area contributed by atoms with E-state index in [1.807, 2.05) is 13.8 Å². The predicted octanol–water partition coefficient (Wildman–Crippen LogP) is 4.31. The maximum absolute atomic E-state index is 5.66. The minimum absolute atomic E-state index is 0.736. The molecule has 1 aliphatic heterocycles. The Kier molecular flexibility index (Phi) is 4.93. The normalized spacial score (nSPS) is 24.2. The van der Waals surface area contributed by atoms with Gasteiger partial charge >= 0.3 is 0 Å². The summed E-state index contributed by atoms with van der Waals surface area (Å²) in [7, 11) is 0. The number of allylic oxidation sites excluding steroid dienone is 3. The molecule has 15 heavy (non-hydrogen) atoms. The maximum atomic E-state index is 5.66. The van der Waals surface area contributed by atoms with E-state index >= 15 is 0 Å². The van der Waals surface area contributed by atoms with Crippen LogP contribution in [0.15, 0.2) is 23.5 Å². The van der Waals surface area contributed by atoms with E-state index in [1.165, 1.54) is 24.2 Å². The molecule has 1 aliphatic carbocycles. The molecule has 1 fully saturated rings. The Morgan fingerprint density at radius 1 is 1.20 bits per heavy atom. The minimum Gasteiger partial charge on any atom is -0.494 e. The lowest BCUT2D eigenvalue weighted by Gasteiger charge is -2.32. The topological polar surface area (TPSA) is 9.23 Å². The highest BCUT2D eigenvalue weighted by atomic mass is 16.5. The van der Waals surface area contributed by atoms with Gasteiger partial charge in [0.1, 0.15) is 5.76 Å². The number of hydrogen-bond donors (Lipinski definition) is 0. The van der Waals surface area contributed by atoms with Crippen molar-refractivity contribution in [2.24, 2.45) is 11.8 Å². The van der Waals surface area contributed by atoms with Crippen LogP contribution < -0.4 is 0 Å². The first-order valence-corrected chi connectivity index (χ1v) is 6.32. The molecule has 2 aliphatic rings. The molecule has 0 saturated carbocycles. The van der Waals surface area contributed by atoms with E-state index in [2.05, 4.69) is 26.0 Å². The van der Waals surface area contributed by atoms with Crippen LogP contribution in [0.25, 0.3) is 0 Å². The lowest BCUT2D eigenvalue weighted by molar-refractivity contribution is 0.150. The second kappa shape index (κ2) is 5.99. The van der Waals surface area contributed by atoms with Crippen molar-refractivity contribution in [2.45, 2.75) is 47.0 Å². The quantitative estimate of drug-likeness (QED) is 0.624. The minimum atomic E-state index is 0.736. The van der Waals surface area contributed by atoms with Crippen LogP contribution in [0.3, 0.4) is 0 Å². The van der Waals surface area contributed by atoms with Crippen LogP contribution in [0.5, 0.6) is 0 Å². The maximum Gasteiger partial charge on any atom is 0.118 e. The van der Waals surface area contributed by atoms with Crippen LogP contribution in [0, 0.1) is 11.8 Å². The van der Waals surface area contributed by atoms with E-state index in [0.717, 1.165) is 24.9 Å². The molecule has 1 unspecified atom stereocenters. The summed E-state index contributed by atoms with van der Waals surface area (Å²) in [4.78, 5) is 0. The molecule has 0 amide bonds. The lowest BCUT2D eigenvalue weighted by atomic mass is 9.81. The van der Waals surface area contributed by atoms with Gasteiger partial charge in [-0.2, -0.15) is 0 Å². The molecule has 1 heterocycles. The average Bonchev–Trinajstić information content (AvgIpc) is 2.31. The molecule has 1 atom stereocenters. The summed E-state index contributed by atoms with van der Waals surface area (Å²) in [5, 5.41) is 0. The third-order valence-corrected chi connectivity index (χ3v) is 3.04. The number of fused-ring (bicyclic) bond motifs is 1. The second-order valence-electron chi connectivity index (χ2n) is 4.29. The molecule has 0 N–H and O–H groups in total. The van der Waals surface area contributed by atoms with E-state index in [-0.39, 0.29) is 0 Å². The van der Waals surface area contributed by atoms with Gasteiger partial charge in [-0.1, -0.05) is 33.8 Å². The second-order valence-corrected chi connectivity index (χ2v) is 4.29. The molecule has 0 bridgehead atoms. The molecular weight excluding hydrogens is 184 g/mol. The SMILES string of the molecule is CC.CC(C)C1CCOC2=CCCC=C21. The molecule has 0 radical (unpaired) electrons. The molecule has 1 saturated heterocycles. The number of rotatable bonds is 1. The van der Waals surface area contributed by atoms with Gasteiger partial charge in [0.05, 0.1) is 6.61 Å². The number of ether oxygens (including phenoxy) is 1. The summed E-state index contributed by atoms with van der Waals surface area (Å²) in [5.41, 5.74) is 1.48. The van der Waals surface area contributed by atoms with Gasteiger partial charge in [0.2, 0.25) is 0 Å². The van der Waals surface area contributed by atoms with Crippen molar-refractivity contribution in [3.8, 4) is 0 Å². The summed E-state index contributed by atoms with van der Waals surface area (Å²) < 4.78 is 5.66. The smallest absolute Gasteiger partial charge is 0.118 e. The van der Waals surface area contributed by atoms with Crippen molar-refractivity contribution in [2.75, 3.05) is 6.61 Å². The molecule has 86 valence electrons. The van der Waals surface area contributed by atoms with E-state index in [4.69, 9.17) is 4.74 Å². The first kappa shape index (κ1) is 12.4. The number of hydrogen-bond acceptors (Lipinski definition) is 1. The zero-order chi connectivity index (χ0) is 11.3. The van der Waals surface area contributed by atoms with Gasteiger partial charge in [0.15, 0.2) is 0 Å². The predicted molar refractivity (Wildman–Crippen MR) is 65.6 cm³/mol. The van der Waals surface area contributed by atoms with Crippen LogP contribution in [0.2, 0.25) is 0 Å². The fourth-order valence-corrected chi connectivity index (χ4v) is 2.29. The van der Waals surface area contributed by atoms with Gasteiger partial charge in [0, 0.05) is 0 Å². The highest BCUT2D eigenvalue weighted by Gasteiger charge is 2.27. The largest absolute Gasteiger partial charge is 0.494 e. The Morgan fingerprint density at radius 2 is 1.87 bits per heavy atom. The van der Waals surface area contributed by atoms with Crippen LogP contribution in [0.1, 0.15) is 47.0 Å². The fourth-order valence-electron chi connectivity index (χ4n) is 2.29. The highest BCUT2D eigenvalue weighted by Crippen LogP contribution is 2.36. The average molecular weight is 208 g/mol. The monoisotopic (exact) mass is 208 g/mol. The summed E-state index contributed by atoms with van der Waals surface area (Å²) in [6, 6.07) is 0. The molecule has 1 heteroatoms. The standard InChI is InChI=1S/C12H18O.C2H6/c1-9(2)10-7-8-13-12-6-4-3-5-11(10)12;1-2/h5-6,9-10H,3-4,7-8H2,1-2H3;1-2H3. The van der Waals surface area contributed by atoms with E-state index in [1.54, 1.807) is 0 Å². The summed E-state index contributed by atoms with van der Waals surface area (Å²) in [6.07, 6.45) is 8.18. The molecule has 0 aromatic heterocycles. The highest BCUT2D eigenvalue weighted by molar-refractivity contribution is 5.33. The zero-order valence-corrected chi connectivity index (χ0v) is 10.5. The van der Waals surface area contributed by atoms with Crippen LogP contribution in [-0.4, -0.2) is 6.61 Å². The van der Waals surface area contributed by atoms with Gasteiger partial charge in [-0.05, 0) is 42.7 Å². The van der Waals surface area contributed by atoms with Crippen molar-refractivity contribution in [3.05, 3.63) is 23.5 Å². The zero-order valence-electron chi connectivity index (χ0n) is 10.5. The molecule has 2 rings (SSSR count). The first-order valence-electron chi connectivity index (χ1n) is 6.32. The van der Waals surface area contributed by atoms with E-state index in [0.29, 0.717) is 0 Å². The first-order chi connectivity index (χ1) is 7.29. The Balaban J connectivity index is 0.000000531. The van der Waals surface area contributed by atoms with Crippen molar-refractivity contribution < 1.29 is 4.74 Å². The van der Waals surface area contributed by atoms with Gasteiger partial charge in [-0.15, -0.1) is 0 Å². The van der Waals surface area contributed by atoms with Crippen molar-refractivity contribution in [1.29, 1.82) is 0 Å². The van der Waals surface area contributed by atoms with Gasteiger partial charge in [0.25, 0.3) is 0 Å². The molecule has 0 aromatic rings. The Morgan fingerprint density at radius 3 is 2.53 bits per heavy atom. The van der Waals surface area contributed by atoms with Crippen LogP contribution >= 0.6 is 0 Å². The van der Waals surface area contributed by atoms with E-state index < -0.39 is 0 Å². The van der Waals surface area contributed by atoms with Gasteiger partial charge in [-0.3, -0.25) is 0 Å². The molecule has 0 aromatic carbocycles. The van der Waals surface area contributed by atoms with Crippen LogP contribution in [0.4, 0.5) is 0 Å². The Hall–Kier alpha value is -0.720. The van der Waals surface area contributed by atoms with Crippen molar-refractivity contribution >= 4 is 0 Å². The van der Waals surface area contributed by atoms with Crippen LogP contribution in [-0.2, 0) is 4.74 Å². The van der Waals surface area contributed by atoms with Gasteiger partial charge in [-0.25, -0.2) is 0 Å². The third kappa shape index (κ3) is 2.87. The lowest BCUT2D eigenvalue weighted by Crippen LogP contribution is -2.23. The molecule has 1 nitrogen and oxygen atoms in total. The van der Waals surface area contributed by atoms with Crippen molar-refractivity contribution in [1.82, 2.24) is 0 Å². The fraction of sp³-hybridized carbons (Fsp3) is 0.714. The third-order valence-electron chi connectivity index (χ3n) is 3.04. The van der Waals surface area contributed by atoms with Crippen molar-refractivity contribution in [3.63, 3.8) is 0 Å². The van der Waals surface area contributed by atoms with Gasteiger partial charge < -0.3 is 4.74 Å². The van der Waals surface area contributed by atoms with E-state index in [9.17, 15) is 0 Å². The summed E-state index contributed by atoms with van der Waals surface area (Å²) >= 11 is 0. The summed E-state index contributed by atoms with van der Waals surface area (Å²) in [5.74, 6) is 2.66. The Labute approximate surface area is 94.2 Å². The summed E-state index contributed by atoms with van der Waals surface area (Å²) in [6.45, 7) is 9.53. The molecular formula is C14H24O. The molecule has 0 spiro atoms. The Bertz CT molecular complexity index is 248.